The molecule has 0 amide bonds. The average molecular weight is 223 g/mol. The molecule has 4 heteroatoms. The summed E-state index contributed by atoms with van der Waals surface area (Å²) >= 11 is 10.8. The van der Waals surface area contributed by atoms with Gasteiger partial charge in [0.2, 0.25) is 0 Å². The molecule has 0 unspecified atom stereocenters. The van der Waals surface area contributed by atoms with E-state index >= 15 is 0 Å². The third-order valence-corrected chi connectivity index (χ3v) is 2.25. The maximum atomic E-state index is 13.2. The Kier molecular flexibility index (Phi) is 3.28. The van der Waals surface area contributed by atoms with Gasteiger partial charge in [0.05, 0.1) is 0 Å². The van der Waals surface area contributed by atoms with Crippen molar-refractivity contribution in [2.24, 2.45) is 0 Å². The van der Waals surface area contributed by atoms with E-state index in [1.54, 1.807) is 0 Å². The molecule has 70 valence electrons. The van der Waals surface area contributed by atoms with Crippen molar-refractivity contribution >= 4 is 28.8 Å². The van der Waals surface area contributed by atoms with Gasteiger partial charge in [0.1, 0.15) is 10.8 Å². The number of hydrogen-bond acceptors (Lipinski definition) is 0. The van der Waals surface area contributed by atoms with Crippen molar-refractivity contribution in [1.82, 2.24) is 0 Å². The van der Waals surface area contributed by atoms with Crippen LogP contribution in [0.5, 0.6) is 0 Å². The van der Waals surface area contributed by atoms with E-state index in [0.29, 0.717) is 5.57 Å². The second-order valence-electron chi connectivity index (χ2n) is 2.46. The zero-order valence-electron chi connectivity index (χ0n) is 6.58. The topological polar surface area (TPSA) is 0 Å². The highest BCUT2D eigenvalue weighted by Crippen LogP contribution is 2.26. The quantitative estimate of drug-likeness (QED) is 0.527. The van der Waals surface area contributed by atoms with Crippen LogP contribution in [0.2, 0.25) is 5.02 Å². The number of alkyl halides is 1. The van der Waals surface area contributed by atoms with Crippen LogP contribution in [-0.4, -0.2) is 5.88 Å². The first-order chi connectivity index (χ1) is 6.07. The summed E-state index contributed by atoms with van der Waals surface area (Å²) < 4.78 is 25.9. The standard InChI is InChI=1S/C9H6Cl2F2/c1-5(4-10)6-2-3-7(12)8(11)9(6)13/h2-3H,1,4H2. The molecule has 0 spiro atoms. The van der Waals surface area contributed by atoms with Crippen molar-refractivity contribution in [2.75, 3.05) is 5.88 Å². The highest BCUT2D eigenvalue weighted by Gasteiger charge is 2.12. The fourth-order valence-electron chi connectivity index (χ4n) is 0.871. The van der Waals surface area contributed by atoms with Crippen LogP contribution in [0.4, 0.5) is 8.78 Å². The van der Waals surface area contributed by atoms with Crippen LogP contribution in [0, 0.1) is 11.6 Å². The molecule has 0 heterocycles. The van der Waals surface area contributed by atoms with E-state index in [0.717, 1.165) is 6.07 Å². The van der Waals surface area contributed by atoms with E-state index in [4.69, 9.17) is 23.2 Å². The normalized spacial score (nSPS) is 10.2. The Balaban J connectivity index is 3.26. The summed E-state index contributed by atoms with van der Waals surface area (Å²) in [5.74, 6) is -1.52. The van der Waals surface area contributed by atoms with Gasteiger partial charge in [-0.3, -0.25) is 0 Å². The molecule has 1 rings (SSSR count). The van der Waals surface area contributed by atoms with Gasteiger partial charge >= 0.3 is 0 Å². The number of benzene rings is 1. The Morgan fingerprint density at radius 1 is 1.38 bits per heavy atom. The highest BCUT2D eigenvalue weighted by molar-refractivity contribution is 6.31. The first-order valence-corrected chi connectivity index (χ1v) is 4.36. The van der Waals surface area contributed by atoms with E-state index in [9.17, 15) is 8.78 Å². The van der Waals surface area contributed by atoms with Crippen molar-refractivity contribution in [1.29, 1.82) is 0 Å². The lowest BCUT2D eigenvalue weighted by Crippen LogP contribution is -1.93. The van der Waals surface area contributed by atoms with Gasteiger partial charge in [-0.25, -0.2) is 8.78 Å². The molecule has 0 saturated carbocycles. The minimum atomic E-state index is -0.813. The molecule has 0 radical (unpaired) electrons. The summed E-state index contributed by atoms with van der Waals surface area (Å²) in [5.41, 5.74) is 0.530. The molecule has 0 nitrogen and oxygen atoms in total. The van der Waals surface area contributed by atoms with Gasteiger partial charge in [-0.15, -0.1) is 11.6 Å². The Morgan fingerprint density at radius 3 is 2.54 bits per heavy atom. The molecule has 0 N–H and O–H groups in total. The summed E-state index contributed by atoms with van der Waals surface area (Å²) in [5, 5.41) is -0.524. The first-order valence-electron chi connectivity index (χ1n) is 3.45. The van der Waals surface area contributed by atoms with Crippen LogP contribution in [0.3, 0.4) is 0 Å². The number of hydrogen-bond donors (Lipinski definition) is 0. The molecule has 0 aromatic heterocycles. The Morgan fingerprint density at radius 2 is 2.00 bits per heavy atom. The largest absolute Gasteiger partial charge is 0.205 e. The Bertz CT molecular complexity index is 348. The number of rotatable bonds is 2. The molecule has 0 aliphatic rings. The monoisotopic (exact) mass is 222 g/mol. The van der Waals surface area contributed by atoms with Crippen molar-refractivity contribution in [3.05, 3.63) is 40.9 Å². The fraction of sp³-hybridized carbons (Fsp3) is 0.111. The van der Waals surface area contributed by atoms with Gasteiger partial charge in [-0.2, -0.15) is 0 Å². The molecule has 0 bridgehead atoms. The van der Waals surface area contributed by atoms with Crippen LogP contribution in [0.25, 0.3) is 5.57 Å². The predicted molar refractivity (Wildman–Crippen MR) is 51.1 cm³/mol. The van der Waals surface area contributed by atoms with Gasteiger partial charge in [0, 0.05) is 11.4 Å². The lowest BCUT2D eigenvalue weighted by molar-refractivity contribution is 0.582. The minimum absolute atomic E-state index is 0.0822. The zero-order valence-corrected chi connectivity index (χ0v) is 8.09. The maximum Gasteiger partial charge on any atom is 0.152 e. The van der Waals surface area contributed by atoms with Crippen molar-refractivity contribution in [2.45, 2.75) is 0 Å². The average Bonchev–Trinajstić information content (AvgIpc) is 2.13. The van der Waals surface area contributed by atoms with Gasteiger partial charge in [-0.1, -0.05) is 18.2 Å². The van der Waals surface area contributed by atoms with E-state index in [1.165, 1.54) is 6.07 Å². The molecule has 0 fully saturated rings. The second-order valence-corrected chi connectivity index (χ2v) is 3.11. The second kappa shape index (κ2) is 4.07. The van der Waals surface area contributed by atoms with Crippen LogP contribution >= 0.6 is 23.2 Å². The predicted octanol–water partition coefficient (Wildman–Crippen LogP) is 3.87. The molecule has 0 aliphatic carbocycles. The number of allylic oxidation sites excluding steroid dienone is 1. The van der Waals surface area contributed by atoms with E-state index in [2.05, 4.69) is 6.58 Å². The lowest BCUT2D eigenvalue weighted by atomic mass is 10.1. The summed E-state index contributed by atoms with van der Waals surface area (Å²) in [6, 6.07) is 2.35. The molecular formula is C9H6Cl2F2. The Hall–Kier alpha value is -0.600. The van der Waals surface area contributed by atoms with E-state index in [-0.39, 0.29) is 11.4 Å². The first kappa shape index (κ1) is 10.5. The molecule has 1 aromatic rings. The SMILES string of the molecule is C=C(CCl)c1ccc(F)c(Cl)c1F. The van der Waals surface area contributed by atoms with Crippen molar-refractivity contribution < 1.29 is 8.78 Å². The Labute approximate surface area is 84.8 Å². The van der Waals surface area contributed by atoms with E-state index in [1.807, 2.05) is 0 Å². The van der Waals surface area contributed by atoms with E-state index < -0.39 is 16.7 Å². The summed E-state index contributed by atoms with van der Waals surface area (Å²) in [6.07, 6.45) is 0. The fourth-order valence-corrected chi connectivity index (χ4v) is 1.18. The lowest BCUT2D eigenvalue weighted by Gasteiger charge is -2.05. The molecule has 0 aliphatic heterocycles. The van der Waals surface area contributed by atoms with Gasteiger partial charge in [0.15, 0.2) is 5.82 Å². The third kappa shape index (κ3) is 2.01. The van der Waals surface area contributed by atoms with Crippen LogP contribution in [-0.2, 0) is 0 Å². The zero-order chi connectivity index (χ0) is 10.0. The van der Waals surface area contributed by atoms with Crippen LogP contribution in [0.1, 0.15) is 5.56 Å². The van der Waals surface area contributed by atoms with Crippen LogP contribution in [0.15, 0.2) is 18.7 Å². The smallest absolute Gasteiger partial charge is 0.152 e. The minimum Gasteiger partial charge on any atom is -0.205 e. The molecule has 1 aromatic carbocycles. The van der Waals surface area contributed by atoms with Crippen molar-refractivity contribution in [3.8, 4) is 0 Å². The molecule has 13 heavy (non-hydrogen) atoms. The molecule has 0 saturated heterocycles. The molecular weight excluding hydrogens is 217 g/mol. The van der Waals surface area contributed by atoms with Crippen molar-refractivity contribution in [3.63, 3.8) is 0 Å². The van der Waals surface area contributed by atoms with Gasteiger partial charge < -0.3 is 0 Å². The van der Waals surface area contributed by atoms with Gasteiger partial charge in [0.25, 0.3) is 0 Å². The third-order valence-electron chi connectivity index (χ3n) is 1.58. The number of halogens is 4. The summed E-state index contributed by atoms with van der Waals surface area (Å²) in [6.45, 7) is 3.52. The molecule has 0 atom stereocenters. The van der Waals surface area contributed by atoms with Crippen LogP contribution < -0.4 is 0 Å². The summed E-state index contributed by atoms with van der Waals surface area (Å²) in [4.78, 5) is 0. The maximum absolute atomic E-state index is 13.2. The van der Waals surface area contributed by atoms with Gasteiger partial charge in [-0.05, 0) is 17.7 Å². The highest BCUT2D eigenvalue weighted by atomic mass is 35.5. The summed E-state index contributed by atoms with van der Waals surface area (Å²) in [7, 11) is 0.